The van der Waals surface area contributed by atoms with Gasteiger partial charge in [-0.3, -0.25) is 24.5 Å². The van der Waals surface area contributed by atoms with E-state index in [-0.39, 0.29) is 30.7 Å². The molecule has 0 radical (unpaired) electrons. The van der Waals surface area contributed by atoms with Crippen molar-refractivity contribution in [3.05, 3.63) is 69.8 Å². The van der Waals surface area contributed by atoms with Crippen LogP contribution in [0.2, 0.25) is 5.02 Å². The van der Waals surface area contributed by atoms with Crippen LogP contribution in [0.5, 0.6) is 0 Å². The van der Waals surface area contributed by atoms with Crippen LogP contribution in [0, 0.1) is 6.92 Å². The molecule has 8 heteroatoms. The van der Waals surface area contributed by atoms with E-state index in [4.69, 9.17) is 11.6 Å². The fraction of sp³-hybridized carbons (Fsp3) is 0.217. The van der Waals surface area contributed by atoms with Crippen LogP contribution in [0.3, 0.4) is 0 Å². The summed E-state index contributed by atoms with van der Waals surface area (Å²) in [6, 6.07) is 9.84. The van der Waals surface area contributed by atoms with Gasteiger partial charge in [-0.15, -0.1) is 0 Å². The second-order valence-electron chi connectivity index (χ2n) is 7.56. The molecule has 0 bridgehead atoms. The minimum absolute atomic E-state index is 0.201. The Labute approximate surface area is 184 Å². The Hall–Kier alpha value is -3.45. The van der Waals surface area contributed by atoms with E-state index in [1.165, 1.54) is 11.0 Å². The highest BCUT2D eigenvalue weighted by molar-refractivity contribution is 6.31. The summed E-state index contributed by atoms with van der Waals surface area (Å²) in [4.78, 5) is 50.3. The van der Waals surface area contributed by atoms with Crippen LogP contribution in [0.25, 0.3) is 6.08 Å². The third-order valence-corrected chi connectivity index (χ3v) is 5.88. The number of fused-ring (bicyclic) bond motifs is 1. The zero-order valence-electron chi connectivity index (χ0n) is 16.8. The lowest BCUT2D eigenvalue weighted by Gasteiger charge is -2.29. The molecule has 2 aliphatic rings. The monoisotopic (exact) mass is 437 g/mol. The highest BCUT2D eigenvalue weighted by atomic mass is 35.5. The fourth-order valence-corrected chi connectivity index (χ4v) is 3.97. The molecule has 2 heterocycles. The van der Waals surface area contributed by atoms with Crippen LogP contribution in [-0.2, 0) is 20.9 Å². The number of nitrogens with one attached hydrogen (secondary N) is 2. The van der Waals surface area contributed by atoms with Crippen LogP contribution in [0.4, 0.5) is 5.69 Å². The quantitative estimate of drug-likeness (QED) is 0.567. The zero-order chi connectivity index (χ0) is 22.1. The molecule has 31 heavy (non-hydrogen) atoms. The van der Waals surface area contributed by atoms with Crippen LogP contribution in [0.15, 0.2) is 42.5 Å². The molecule has 1 atom stereocenters. The van der Waals surface area contributed by atoms with E-state index in [9.17, 15) is 19.2 Å². The van der Waals surface area contributed by atoms with Gasteiger partial charge in [0, 0.05) is 35.3 Å². The highest BCUT2D eigenvalue weighted by Crippen LogP contribution is 2.30. The number of hydrogen-bond donors (Lipinski definition) is 2. The molecule has 2 aliphatic heterocycles. The number of amides is 4. The second-order valence-corrected chi connectivity index (χ2v) is 7.97. The number of nitrogens with zero attached hydrogens (tertiary/aromatic N) is 1. The first-order valence-corrected chi connectivity index (χ1v) is 10.2. The third-order valence-electron chi connectivity index (χ3n) is 5.47. The summed E-state index contributed by atoms with van der Waals surface area (Å²) >= 11 is 6.09. The first-order chi connectivity index (χ1) is 14.8. The van der Waals surface area contributed by atoms with E-state index < -0.39 is 11.9 Å². The van der Waals surface area contributed by atoms with E-state index in [1.807, 2.05) is 19.1 Å². The van der Waals surface area contributed by atoms with Gasteiger partial charge in [-0.2, -0.15) is 0 Å². The van der Waals surface area contributed by atoms with Crippen molar-refractivity contribution in [3.8, 4) is 0 Å². The fourth-order valence-electron chi connectivity index (χ4n) is 3.79. The number of carbonyl (C=O) groups is 4. The molecule has 1 fully saturated rings. The number of piperidine rings is 1. The summed E-state index contributed by atoms with van der Waals surface area (Å²) in [5.74, 6) is -1.36. The van der Waals surface area contributed by atoms with Crippen LogP contribution in [-0.4, -0.2) is 34.6 Å². The lowest BCUT2D eigenvalue weighted by Crippen LogP contribution is -2.52. The molecule has 4 amide bonds. The smallest absolute Gasteiger partial charge is 0.255 e. The molecule has 4 rings (SSSR count). The summed E-state index contributed by atoms with van der Waals surface area (Å²) < 4.78 is 0. The van der Waals surface area contributed by atoms with Crippen molar-refractivity contribution in [1.29, 1.82) is 0 Å². The van der Waals surface area contributed by atoms with Crippen LogP contribution >= 0.6 is 11.6 Å². The zero-order valence-corrected chi connectivity index (χ0v) is 17.5. The Kier molecular flexibility index (Phi) is 5.61. The van der Waals surface area contributed by atoms with Crippen molar-refractivity contribution in [3.63, 3.8) is 0 Å². The maximum Gasteiger partial charge on any atom is 0.255 e. The van der Waals surface area contributed by atoms with Gasteiger partial charge in [0.05, 0.1) is 0 Å². The van der Waals surface area contributed by atoms with Gasteiger partial charge in [-0.05, 0) is 54.3 Å². The Bertz CT molecular complexity index is 1140. The number of anilines is 1. The summed E-state index contributed by atoms with van der Waals surface area (Å²) in [6.45, 7) is 2.12. The standard InChI is InChI=1S/C23H20ClN3O4/c1-13-5-7-15(11-18(13)24)25-20(28)9-6-14-3-2-4-16-17(14)12-27(23(16)31)19-8-10-21(29)26-22(19)30/h2-7,9,11,19H,8,10,12H2,1H3,(H,25,28)(H,26,29,30)/b9-6+. The number of halogens is 1. The Morgan fingerprint density at radius 1 is 1.23 bits per heavy atom. The van der Waals surface area contributed by atoms with E-state index in [0.29, 0.717) is 22.7 Å². The van der Waals surface area contributed by atoms with Crippen LogP contribution < -0.4 is 10.6 Å². The molecule has 2 aromatic carbocycles. The minimum Gasteiger partial charge on any atom is -0.322 e. The van der Waals surface area contributed by atoms with Crippen molar-refractivity contribution in [1.82, 2.24) is 10.2 Å². The predicted octanol–water partition coefficient (Wildman–Crippen LogP) is 3.06. The summed E-state index contributed by atoms with van der Waals surface area (Å²) in [6.07, 6.45) is 3.54. The van der Waals surface area contributed by atoms with Gasteiger partial charge in [0.1, 0.15) is 6.04 Å². The molecular formula is C23H20ClN3O4. The number of aryl methyl sites for hydroxylation is 1. The first kappa shape index (κ1) is 20.8. The Morgan fingerprint density at radius 2 is 2.03 bits per heavy atom. The number of imide groups is 1. The molecule has 0 saturated carbocycles. The normalized spacial score (nSPS) is 18.3. The third kappa shape index (κ3) is 4.22. The van der Waals surface area contributed by atoms with Gasteiger partial charge in [0.15, 0.2) is 0 Å². The van der Waals surface area contributed by atoms with Crippen molar-refractivity contribution in [2.75, 3.05) is 5.32 Å². The molecule has 1 unspecified atom stereocenters. The van der Waals surface area contributed by atoms with E-state index in [1.54, 1.807) is 30.3 Å². The average Bonchev–Trinajstić information content (AvgIpc) is 3.06. The molecule has 0 aliphatic carbocycles. The van der Waals surface area contributed by atoms with Crippen molar-refractivity contribution in [2.24, 2.45) is 0 Å². The highest BCUT2D eigenvalue weighted by Gasteiger charge is 2.39. The second kappa shape index (κ2) is 8.35. The van der Waals surface area contributed by atoms with Crippen molar-refractivity contribution >= 4 is 47.0 Å². The molecule has 7 nitrogen and oxygen atoms in total. The minimum atomic E-state index is -0.677. The number of hydrogen-bond acceptors (Lipinski definition) is 4. The van der Waals surface area contributed by atoms with Gasteiger partial charge >= 0.3 is 0 Å². The van der Waals surface area contributed by atoms with E-state index >= 15 is 0 Å². The van der Waals surface area contributed by atoms with Crippen molar-refractivity contribution in [2.45, 2.75) is 32.4 Å². The Balaban J connectivity index is 1.50. The summed E-state index contributed by atoms with van der Waals surface area (Å²) in [7, 11) is 0. The summed E-state index contributed by atoms with van der Waals surface area (Å²) in [5, 5.41) is 5.61. The number of benzene rings is 2. The summed E-state index contributed by atoms with van der Waals surface area (Å²) in [5.41, 5.74) is 3.47. The van der Waals surface area contributed by atoms with Gasteiger partial charge in [0.2, 0.25) is 17.7 Å². The largest absolute Gasteiger partial charge is 0.322 e. The van der Waals surface area contributed by atoms with Gasteiger partial charge < -0.3 is 10.2 Å². The van der Waals surface area contributed by atoms with Crippen LogP contribution in [0.1, 0.15) is 39.9 Å². The van der Waals surface area contributed by atoms with Crippen molar-refractivity contribution < 1.29 is 19.2 Å². The lowest BCUT2D eigenvalue weighted by atomic mass is 10.0. The molecule has 0 spiro atoms. The molecule has 158 valence electrons. The maximum atomic E-state index is 12.9. The van der Waals surface area contributed by atoms with E-state index in [0.717, 1.165) is 16.7 Å². The number of rotatable bonds is 4. The molecule has 0 aromatic heterocycles. The molecule has 2 aromatic rings. The topological polar surface area (TPSA) is 95.6 Å². The van der Waals surface area contributed by atoms with Gasteiger partial charge in [-0.1, -0.05) is 29.8 Å². The molecule has 1 saturated heterocycles. The lowest BCUT2D eigenvalue weighted by molar-refractivity contribution is -0.136. The van der Waals surface area contributed by atoms with Gasteiger partial charge in [0.25, 0.3) is 5.91 Å². The number of carbonyl (C=O) groups excluding carboxylic acids is 4. The average molecular weight is 438 g/mol. The maximum absolute atomic E-state index is 12.9. The molecule has 2 N–H and O–H groups in total. The molecular weight excluding hydrogens is 418 g/mol. The SMILES string of the molecule is Cc1ccc(NC(=O)/C=C/c2cccc3c2CN(C2CCC(=O)NC2=O)C3=O)cc1Cl. The van der Waals surface area contributed by atoms with E-state index in [2.05, 4.69) is 10.6 Å². The van der Waals surface area contributed by atoms with Gasteiger partial charge in [-0.25, -0.2) is 0 Å². The Morgan fingerprint density at radius 3 is 2.77 bits per heavy atom. The predicted molar refractivity (Wildman–Crippen MR) is 116 cm³/mol. The first-order valence-electron chi connectivity index (χ1n) is 9.85.